The van der Waals surface area contributed by atoms with Crippen molar-refractivity contribution in [3.05, 3.63) is 29.6 Å². The van der Waals surface area contributed by atoms with Crippen molar-refractivity contribution in [1.82, 2.24) is 9.55 Å². The van der Waals surface area contributed by atoms with Crippen LogP contribution in [-0.2, 0) is 6.18 Å². The summed E-state index contributed by atoms with van der Waals surface area (Å²) in [5.41, 5.74) is -0.657. The first-order valence-electron chi connectivity index (χ1n) is 9.03. The molecule has 3 nitrogen and oxygen atoms in total. The third-order valence-electron chi connectivity index (χ3n) is 5.82. The summed E-state index contributed by atoms with van der Waals surface area (Å²) in [6, 6.07) is 2.84. The number of terminal acetylenes is 1. The molecule has 2 aliphatic carbocycles. The van der Waals surface area contributed by atoms with Gasteiger partial charge in [-0.25, -0.2) is 4.98 Å². The quantitative estimate of drug-likeness (QED) is 0.804. The Morgan fingerprint density at radius 1 is 1.38 bits per heavy atom. The summed E-state index contributed by atoms with van der Waals surface area (Å²) in [6.45, 7) is 2.09. The number of imidazole rings is 1. The van der Waals surface area contributed by atoms with Gasteiger partial charge in [-0.15, -0.1) is 6.42 Å². The van der Waals surface area contributed by atoms with Crippen LogP contribution in [0.3, 0.4) is 0 Å². The highest BCUT2D eigenvalue weighted by atomic mass is 19.4. The summed E-state index contributed by atoms with van der Waals surface area (Å²) in [6.07, 6.45) is 5.82. The number of benzene rings is 1. The first-order valence-corrected chi connectivity index (χ1v) is 9.03. The normalized spacial score (nSPS) is 30.8. The van der Waals surface area contributed by atoms with Crippen LogP contribution in [0.2, 0.25) is 0 Å². The summed E-state index contributed by atoms with van der Waals surface area (Å²) in [5.74, 6) is 3.00. The molecule has 0 spiro atoms. The van der Waals surface area contributed by atoms with Crippen LogP contribution < -0.4 is 0 Å². The number of nitrogens with zero attached hydrogens (tertiary/aromatic N) is 2. The van der Waals surface area contributed by atoms with Crippen LogP contribution in [0.4, 0.5) is 13.2 Å². The molecule has 0 bridgehead atoms. The van der Waals surface area contributed by atoms with E-state index >= 15 is 0 Å². The Hall–Kier alpha value is -2.00. The van der Waals surface area contributed by atoms with E-state index in [-0.39, 0.29) is 30.3 Å². The zero-order valence-corrected chi connectivity index (χ0v) is 14.6. The van der Waals surface area contributed by atoms with Gasteiger partial charge in [0.15, 0.2) is 0 Å². The van der Waals surface area contributed by atoms with E-state index < -0.39 is 17.3 Å². The number of hydrogen-bond donors (Lipinski definition) is 1. The molecule has 1 N–H and O–H groups in total. The fraction of sp³-hybridized carbons (Fsp3) is 0.550. The van der Waals surface area contributed by atoms with Gasteiger partial charge in [0.25, 0.3) is 0 Å². The molecule has 0 amide bonds. The Morgan fingerprint density at radius 2 is 2.12 bits per heavy atom. The fourth-order valence-corrected chi connectivity index (χ4v) is 4.28. The van der Waals surface area contributed by atoms with Crippen LogP contribution in [0.25, 0.3) is 11.0 Å². The van der Waals surface area contributed by atoms with Gasteiger partial charge in [0.1, 0.15) is 5.60 Å². The minimum atomic E-state index is -4.45. The lowest BCUT2D eigenvalue weighted by molar-refractivity contribution is -0.136. The number of aromatic nitrogens is 2. The standard InChI is InChI=1S/C20H21F3N2O/c1-3-5-12-6-15(12)13-7-16(20(21,22)23)18-17(8-13)24-11-25(18)14-9-19(26,4-2)10-14/h2,7-8,11-12,14-15,26H,3,5-6,9-10H2,1H3. The zero-order chi connectivity index (χ0) is 18.7. The van der Waals surface area contributed by atoms with E-state index in [1.54, 1.807) is 6.07 Å². The van der Waals surface area contributed by atoms with Crippen LogP contribution in [0.1, 0.15) is 62.1 Å². The number of fused-ring (bicyclic) bond motifs is 1. The number of aliphatic hydroxyl groups is 1. The fourth-order valence-electron chi connectivity index (χ4n) is 4.28. The van der Waals surface area contributed by atoms with Crippen molar-refractivity contribution in [3.8, 4) is 12.3 Å². The van der Waals surface area contributed by atoms with Crippen LogP contribution >= 0.6 is 0 Å². The van der Waals surface area contributed by atoms with E-state index in [2.05, 4.69) is 17.8 Å². The largest absolute Gasteiger partial charge is 0.418 e. The summed E-state index contributed by atoms with van der Waals surface area (Å²) < 4.78 is 42.8. The van der Waals surface area contributed by atoms with Gasteiger partial charge in [-0.05, 0) is 36.0 Å². The lowest BCUT2D eigenvalue weighted by Crippen LogP contribution is -2.43. The van der Waals surface area contributed by atoms with Gasteiger partial charge in [0, 0.05) is 18.9 Å². The molecule has 6 heteroatoms. The highest BCUT2D eigenvalue weighted by molar-refractivity contribution is 5.81. The monoisotopic (exact) mass is 362 g/mol. The Kier molecular flexibility index (Phi) is 3.85. The van der Waals surface area contributed by atoms with Gasteiger partial charge >= 0.3 is 6.18 Å². The molecule has 1 heterocycles. The number of hydrogen-bond acceptors (Lipinski definition) is 2. The molecule has 0 saturated heterocycles. The highest BCUT2D eigenvalue weighted by Gasteiger charge is 2.45. The molecular formula is C20H21F3N2O. The Bertz CT molecular complexity index is 887. The first kappa shape index (κ1) is 17.4. The predicted molar refractivity (Wildman–Crippen MR) is 92.5 cm³/mol. The molecule has 2 unspecified atom stereocenters. The summed E-state index contributed by atoms with van der Waals surface area (Å²) in [7, 11) is 0. The molecule has 2 aromatic rings. The van der Waals surface area contributed by atoms with Crippen molar-refractivity contribution < 1.29 is 18.3 Å². The maximum atomic E-state index is 13.8. The van der Waals surface area contributed by atoms with Gasteiger partial charge in [0.05, 0.1) is 22.9 Å². The molecular weight excluding hydrogens is 341 g/mol. The maximum Gasteiger partial charge on any atom is 0.418 e. The number of halogens is 3. The molecule has 26 heavy (non-hydrogen) atoms. The van der Waals surface area contributed by atoms with Crippen LogP contribution in [-0.4, -0.2) is 20.3 Å². The van der Waals surface area contributed by atoms with Crippen molar-refractivity contribution in [2.24, 2.45) is 5.92 Å². The molecule has 2 aliphatic rings. The van der Waals surface area contributed by atoms with Gasteiger partial charge < -0.3 is 9.67 Å². The lowest BCUT2D eigenvalue weighted by Gasteiger charge is -2.40. The molecule has 1 aromatic carbocycles. The molecule has 1 aromatic heterocycles. The summed E-state index contributed by atoms with van der Waals surface area (Å²) >= 11 is 0. The van der Waals surface area contributed by atoms with Crippen molar-refractivity contribution in [1.29, 1.82) is 0 Å². The summed E-state index contributed by atoms with van der Waals surface area (Å²) in [5, 5.41) is 10.0. The zero-order valence-electron chi connectivity index (χ0n) is 14.6. The van der Waals surface area contributed by atoms with Crippen molar-refractivity contribution in [2.75, 3.05) is 0 Å². The van der Waals surface area contributed by atoms with Crippen molar-refractivity contribution in [2.45, 2.75) is 62.8 Å². The van der Waals surface area contributed by atoms with E-state index in [1.165, 1.54) is 17.0 Å². The average Bonchev–Trinajstić information content (AvgIpc) is 3.20. The van der Waals surface area contributed by atoms with E-state index in [0.717, 1.165) is 24.8 Å². The van der Waals surface area contributed by atoms with Crippen LogP contribution in [0.5, 0.6) is 0 Å². The third kappa shape index (κ3) is 2.79. The Balaban J connectivity index is 1.75. The SMILES string of the molecule is C#CC1(O)CC(n2cnc3cc(C4CC4CCC)cc(C(F)(F)F)c32)C1. The van der Waals surface area contributed by atoms with Gasteiger partial charge in [-0.2, -0.15) is 13.2 Å². The third-order valence-corrected chi connectivity index (χ3v) is 5.82. The van der Waals surface area contributed by atoms with Crippen molar-refractivity contribution in [3.63, 3.8) is 0 Å². The van der Waals surface area contributed by atoms with E-state index in [1.807, 2.05) is 0 Å². The Labute approximate surface area is 150 Å². The van der Waals surface area contributed by atoms with E-state index in [4.69, 9.17) is 6.42 Å². The second-order valence-electron chi connectivity index (χ2n) is 7.71. The molecule has 2 atom stereocenters. The van der Waals surface area contributed by atoms with Crippen molar-refractivity contribution >= 4 is 11.0 Å². The topological polar surface area (TPSA) is 38.0 Å². The number of rotatable bonds is 4. The average molecular weight is 362 g/mol. The summed E-state index contributed by atoms with van der Waals surface area (Å²) in [4.78, 5) is 4.24. The maximum absolute atomic E-state index is 13.8. The minimum Gasteiger partial charge on any atom is -0.377 e. The molecule has 0 aliphatic heterocycles. The van der Waals surface area contributed by atoms with Crippen LogP contribution in [0, 0.1) is 18.3 Å². The second kappa shape index (κ2) is 5.75. The van der Waals surface area contributed by atoms with E-state index in [0.29, 0.717) is 11.4 Å². The van der Waals surface area contributed by atoms with Gasteiger partial charge in [0.2, 0.25) is 0 Å². The molecule has 2 fully saturated rings. The van der Waals surface area contributed by atoms with Gasteiger partial charge in [-0.3, -0.25) is 0 Å². The molecule has 2 saturated carbocycles. The highest BCUT2D eigenvalue weighted by Crippen LogP contribution is 2.52. The molecule has 4 rings (SSSR count). The number of alkyl halides is 3. The second-order valence-corrected chi connectivity index (χ2v) is 7.71. The lowest BCUT2D eigenvalue weighted by atomic mass is 9.76. The smallest absolute Gasteiger partial charge is 0.377 e. The minimum absolute atomic E-state index is 0.0954. The van der Waals surface area contributed by atoms with Gasteiger partial charge in [-0.1, -0.05) is 25.7 Å². The first-order chi connectivity index (χ1) is 12.3. The van der Waals surface area contributed by atoms with E-state index in [9.17, 15) is 18.3 Å². The predicted octanol–water partition coefficient (Wildman–Crippen LogP) is 4.66. The Morgan fingerprint density at radius 3 is 2.73 bits per heavy atom. The molecule has 138 valence electrons. The molecule has 0 radical (unpaired) electrons. The van der Waals surface area contributed by atoms with Crippen LogP contribution in [0.15, 0.2) is 18.5 Å².